The Labute approximate surface area is 180 Å². The quantitative estimate of drug-likeness (QED) is 0.638. The van der Waals surface area contributed by atoms with Crippen molar-refractivity contribution in [3.63, 3.8) is 0 Å². The van der Waals surface area contributed by atoms with Crippen molar-refractivity contribution >= 4 is 39.9 Å². The number of benzene rings is 1. The van der Waals surface area contributed by atoms with Crippen molar-refractivity contribution in [2.75, 3.05) is 37.0 Å². The van der Waals surface area contributed by atoms with Gasteiger partial charge in [0.1, 0.15) is 5.82 Å². The molecule has 8 heteroatoms. The Hall–Kier alpha value is -4.12. The number of aromatic nitrogens is 2. The summed E-state index contributed by atoms with van der Waals surface area (Å²) < 4.78 is 0. The number of H-pyrrole nitrogens is 1. The van der Waals surface area contributed by atoms with E-state index in [-0.39, 0.29) is 5.56 Å². The Bertz CT molecular complexity index is 1330. The van der Waals surface area contributed by atoms with Crippen LogP contribution in [0, 0.1) is 18.3 Å². The van der Waals surface area contributed by atoms with Gasteiger partial charge in [0, 0.05) is 67.9 Å². The fourth-order valence-corrected chi connectivity index (χ4v) is 3.91. The van der Waals surface area contributed by atoms with Gasteiger partial charge in [-0.15, -0.1) is 0 Å². The number of aromatic amines is 1. The number of aliphatic imine (C=N–C) groups is 1. The Morgan fingerprint density at radius 1 is 1.32 bits per heavy atom. The van der Waals surface area contributed by atoms with Gasteiger partial charge in [-0.2, -0.15) is 5.26 Å². The topological polar surface area (TPSA) is 114 Å². The van der Waals surface area contributed by atoms with E-state index in [0.29, 0.717) is 23.2 Å². The molecule has 0 saturated carbocycles. The Morgan fingerprint density at radius 3 is 2.84 bits per heavy atom. The molecule has 31 heavy (non-hydrogen) atoms. The highest BCUT2D eigenvalue weighted by Crippen LogP contribution is 2.41. The van der Waals surface area contributed by atoms with Crippen molar-refractivity contribution < 1.29 is 0 Å². The molecule has 0 fully saturated rings. The molecule has 156 valence electrons. The second-order valence-electron chi connectivity index (χ2n) is 7.46. The van der Waals surface area contributed by atoms with Crippen LogP contribution in [0.3, 0.4) is 0 Å². The molecule has 1 aliphatic heterocycles. The van der Waals surface area contributed by atoms with Gasteiger partial charge in [-0.1, -0.05) is 0 Å². The molecule has 0 radical (unpaired) electrons. The summed E-state index contributed by atoms with van der Waals surface area (Å²) >= 11 is 0. The van der Waals surface area contributed by atoms with Gasteiger partial charge in [0.15, 0.2) is 0 Å². The number of likely N-dealkylation sites (N-methyl/N-ethyl adjacent to an activating group) is 1. The molecule has 1 aromatic carbocycles. The summed E-state index contributed by atoms with van der Waals surface area (Å²) in [5.74, 6) is 0.743. The van der Waals surface area contributed by atoms with Gasteiger partial charge in [-0.25, -0.2) is 4.98 Å². The molecule has 1 aliphatic rings. The van der Waals surface area contributed by atoms with Crippen LogP contribution in [0.2, 0.25) is 0 Å². The monoisotopic (exact) mass is 413 g/mol. The second-order valence-corrected chi connectivity index (χ2v) is 7.46. The van der Waals surface area contributed by atoms with E-state index in [0.717, 1.165) is 40.2 Å². The smallest absolute Gasteiger partial charge is 0.251 e. The number of fused-ring (bicyclic) bond motifs is 2. The molecule has 0 amide bonds. The minimum Gasteiger partial charge on any atom is -0.404 e. The zero-order chi connectivity index (χ0) is 22.1. The maximum Gasteiger partial charge on any atom is 0.251 e. The van der Waals surface area contributed by atoms with E-state index in [1.165, 1.54) is 6.20 Å². The summed E-state index contributed by atoms with van der Waals surface area (Å²) in [6.45, 7) is 3.24. The average molecular weight is 413 g/mol. The van der Waals surface area contributed by atoms with Crippen LogP contribution in [0.25, 0.3) is 16.5 Å². The lowest BCUT2D eigenvalue weighted by Crippen LogP contribution is -2.37. The third kappa shape index (κ3) is 3.40. The lowest BCUT2D eigenvalue weighted by molar-refractivity contribution is 0.815. The molecular weight excluding hydrogens is 390 g/mol. The number of rotatable bonds is 3. The fourth-order valence-electron chi connectivity index (χ4n) is 3.91. The number of nitriles is 1. The minimum absolute atomic E-state index is 0.112. The molecule has 4 rings (SSSR count). The molecule has 0 saturated heterocycles. The van der Waals surface area contributed by atoms with Crippen LogP contribution in [0.5, 0.6) is 0 Å². The van der Waals surface area contributed by atoms with Crippen molar-refractivity contribution in [3.05, 3.63) is 63.7 Å². The van der Waals surface area contributed by atoms with Crippen molar-refractivity contribution in [2.24, 2.45) is 10.7 Å². The second kappa shape index (κ2) is 7.95. The van der Waals surface area contributed by atoms with Gasteiger partial charge in [-0.3, -0.25) is 9.79 Å². The van der Waals surface area contributed by atoms with E-state index < -0.39 is 0 Å². The molecular formula is C23H23N7O. The predicted octanol–water partition coefficient (Wildman–Crippen LogP) is 2.69. The maximum atomic E-state index is 12.1. The first-order valence-electron chi connectivity index (χ1n) is 9.88. The fraction of sp³-hybridized carbons (Fsp3) is 0.217. The highest BCUT2D eigenvalue weighted by Gasteiger charge is 2.26. The van der Waals surface area contributed by atoms with Crippen LogP contribution in [0.1, 0.15) is 16.7 Å². The van der Waals surface area contributed by atoms with E-state index in [4.69, 9.17) is 5.73 Å². The van der Waals surface area contributed by atoms with Gasteiger partial charge in [0.2, 0.25) is 0 Å². The zero-order valence-electron chi connectivity index (χ0n) is 17.7. The Morgan fingerprint density at radius 2 is 2.13 bits per heavy atom. The van der Waals surface area contributed by atoms with Crippen LogP contribution in [-0.4, -0.2) is 43.4 Å². The van der Waals surface area contributed by atoms with Crippen LogP contribution in [-0.2, 0) is 0 Å². The van der Waals surface area contributed by atoms with Crippen LogP contribution < -0.4 is 21.1 Å². The molecule has 0 aliphatic carbocycles. The maximum absolute atomic E-state index is 12.1. The summed E-state index contributed by atoms with van der Waals surface area (Å²) in [5, 5.41) is 10.7. The Balaban J connectivity index is 1.96. The normalized spacial score (nSPS) is 14.2. The molecule has 3 N–H and O–H groups in total. The highest BCUT2D eigenvalue weighted by atomic mass is 16.1. The lowest BCUT2D eigenvalue weighted by atomic mass is 9.97. The van der Waals surface area contributed by atoms with Crippen molar-refractivity contribution in [2.45, 2.75) is 6.92 Å². The number of allylic oxidation sites excluding steroid dienone is 1. The van der Waals surface area contributed by atoms with Crippen LogP contribution in [0.4, 0.5) is 17.2 Å². The first-order valence-corrected chi connectivity index (χ1v) is 9.88. The van der Waals surface area contributed by atoms with Gasteiger partial charge in [0.25, 0.3) is 5.56 Å². The van der Waals surface area contributed by atoms with Crippen molar-refractivity contribution in [3.8, 4) is 6.07 Å². The highest BCUT2D eigenvalue weighted by molar-refractivity contribution is 6.11. The number of nitrogens with one attached hydrogen (secondary N) is 1. The van der Waals surface area contributed by atoms with E-state index >= 15 is 0 Å². The molecule has 0 bridgehead atoms. The first-order chi connectivity index (χ1) is 15.0. The summed E-state index contributed by atoms with van der Waals surface area (Å²) in [5.41, 5.74) is 10.8. The molecule has 0 atom stereocenters. The standard InChI is InChI=1S/C23H23N7O/c1-14-8-18-19(28-23(14)31)4-5-27-22(18)30-7-6-29(3)20-10-17(16(12-25)13-26-2)15(11-24)9-21(20)30/h4-5,8-10,12-13H,6-7,25H2,1-3H3,(H,28,31)/b16-12+,26-13?. The first kappa shape index (κ1) is 20.2. The van der Waals surface area contributed by atoms with E-state index in [1.54, 1.807) is 32.4 Å². The number of aryl methyl sites for hydroxylation is 1. The molecule has 0 spiro atoms. The molecule has 0 unspecified atom stereocenters. The number of nitrogens with zero attached hydrogens (tertiary/aromatic N) is 5. The Kier molecular flexibility index (Phi) is 5.17. The van der Waals surface area contributed by atoms with E-state index in [2.05, 4.69) is 30.8 Å². The summed E-state index contributed by atoms with van der Waals surface area (Å²) in [6.07, 6.45) is 4.80. The number of hydrogen-bond acceptors (Lipinski definition) is 7. The van der Waals surface area contributed by atoms with Crippen molar-refractivity contribution in [1.29, 1.82) is 5.26 Å². The molecule has 3 aromatic rings. The van der Waals surface area contributed by atoms with Crippen LogP contribution in [0.15, 0.2) is 46.4 Å². The molecule has 8 nitrogen and oxygen atoms in total. The number of nitrogens with two attached hydrogens (primary N) is 1. The number of anilines is 3. The number of pyridine rings is 2. The SMILES string of the molecule is CN=C/C(=C\N)c1cc2c(cc1C#N)N(c1nccc3[nH]c(=O)c(C)cc13)CCN2C. The third-order valence-electron chi connectivity index (χ3n) is 5.55. The summed E-state index contributed by atoms with van der Waals surface area (Å²) in [7, 11) is 3.68. The molecule has 3 heterocycles. The molecule has 2 aromatic heterocycles. The van der Waals surface area contributed by atoms with E-state index in [9.17, 15) is 10.1 Å². The minimum atomic E-state index is -0.112. The van der Waals surface area contributed by atoms with Gasteiger partial charge in [-0.05, 0) is 31.2 Å². The van der Waals surface area contributed by atoms with Gasteiger partial charge >= 0.3 is 0 Å². The average Bonchev–Trinajstić information content (AvgIpc) is 2.78. The van der Waals surface area contributed by atoms with Gasteiger partial charge < -0.3 is 20.5 Å². The van der Waals surface area contributed by atoms with Crippen molar-refractivity contribution in [1.82, 2.24) is 9.97 Å². The van der Waals surface area contributed by atoms with E-state index in [1.807, 2.05) is 25.2 Å². The van der Waals surface area contributed by atoms with Gasteiger partial charge in [0.05, 0.1) is 28.5 Å². The predicted molar refractivity (Wildman–Crippen MR) is 125 cm³/mol. The summed E-state index contributed by atoms with van der Waals surface area (Å²) in [4.78, 5) is 27.9. The van der Waals surface area contributed by atoms with Crippen LogP contribution >= 0.6 is 0 Å². The lowest BCUT2D eigenvalue weighted by Gasteiger charge is -2.37. The number of hydrogen-bond donors (Lipinski definition) is 2. The summed E-state index contributed by atoms with van der Waals surface area (Å²) in [6, 6.07) is 9.78. The third-order valence-corrected chi connectivity index (χ3v) is 5.55. The largest absolute Gasteiger partial charge is 0.404 e. The zero-order valence-corrected chi connectivity index (χ0v) is 17.7.